The van der Waals surface area contributed by atoms with Crippen LogP contribution in [0.15, 0.2) is 12.1 Å². The number of benzene rings is 1. The molecule has 0 unspecified atom stereocenters. The van der Waals surface area contributed by atoms with Crippen molar-refractivity contribution >= 4 is 11.4 Å². The summed E-state index contributed by atoms with van der Waals surface area (Å²) in [5.41, 5.74) is 11.6. The number of nitrogen functional groups attached to an aromatic ring is 1. The van der Waals surface area contributed by atoms with E-state index in [-0.39, 0.29) is 0 Å². The Balaban J connectivity index is 1.87. The van der Waals surface area contributed by atoms with Gasteiger partial charge in [0.05, 0.1) is 0 Å². The van der Waals surface area contributed by atoms with Gasteiger partial charge in [0.15, 0.2) is 0 Å². The lowest BCUT2D eigenvalue weighted by Crippen LogP contribution is -2.60. The summed E-state index contributed by atoms with van der Waals surface area (Å²) in [6, 6.07) is 4.16. The summed E-state index contributed by atoms with van der Waals surface area (Å²) in [5.74, 6) is 0. The van der Waals surface area contributed by atoms with Gasteiger partial charge in [-0.15, -0.1) is 0 Å². The standard InChI is InChI=1S/C14H20N2/c1-10-4-5-12(15)11(2)13(10)16-8-14(9-16)6-3-7-14/h4-5H,3,6-9,15H2,1-2H3. The lowest BCUT2D eigenvalue weighted by Gasteiger charge is -2.57. The monoisotopic (exact) mass is 216 g/mol. The van der Waals surface area contributed by atoms with E-state index >= 15 is 0 Å². The topological polar surface area (TPSA) is 29.3 Å². The maximum Gasteiger partial charge on any atom is 0.0446 e. The Hall–Kier alpha value is -1.18. The molecule has 0 radical (unpaired) electrons. The van der Waals surface area contributed by atoms with Crippen molar-refractivity contribution in [3.8, 4) is 0 Å². The maximum atomic E-state index is 5.99. The van der Waals surface area contributed by atoms with E-state index in [9.17, 15) is 0 Å². The van der Waals surface area contributed by atoms with Gasteiger partial charge >= 0.3 is 0 Å². The van der Waals surface area contributed by atoms with E-state index in [2.05, 4.69) is 24.8 Å². The fourth-order valence-corrected chi connectivity index (χ4v) is 3.25. The second-order valence-electron chi connectivity index (χ2n) is 5.65. The van der Waals surface area contributed by atoms with E-state index in [1.54, 1.807) is 0 Å². The molecule has 2 heteroatoms. The van der Waals surface area contributed by atoms with Crippen molar-refractivity contribution in [1.82, 2.24) is 0 Å². The Morgan fingerprint density at radius 3 is 2.44 bits per heavy atom. The van der Waals surface area contributed by atoms with Crippen molar-refractivity contribution in [2.24, 2.45) is 5.41 Å². The summed E-state index contributed by atoms with van der Waals surface area (Å²) in [4.78, 5) is 2.51. The first kappa shape index (κ1) is 10.0. The molecule has 0 atom stereocenters. The van der Waals surface area contributed by atoms with E-state index in [1.807, 2.05) is 6.07 Å². The number of nitrogens with two attached hydrogens (primary N) is 1. The SMILES string of the molecule is Cc1ccc(N)c(C)c1N1CC2(CCC2)C1. The van der Waals surface area contributed by atoms with Crippen molar-refractivity contribution in [2.75, 3.05) is 23.7 Å². The second-order valence-corrected chi connectivity index (χ2v) is 5.65. The van der Waals surface area contributed by atoms with Gasteiger partial charge in [0.2, 0.25) is 0 Å². The smallest absolute Gasteiger partial charge is 0.0446 e. The molecule has 1 spiro atoms. The highest BCUT2D eigenvalue weighted by molar-refractivity contribution is 5.69. The van der Waals surface area contributed by atoms with Gasteiger partial charge in [0, 0.05) is 29.9 Å². The first-order valence-corrected chi connectivity index (χ1v) is 6.22. The van der Waals surface area contributed by atoms with Gasteiger partial charge in [-0.3, -0.25) is 0 Å². The number of anilines is 2. The predicted octanol–water partition coefficient (Wildman–Crippen LogP) is 2.88. The third-order valence-electron chi connectivity index (χ3n) is 4.46. The molecule has 0 aromatic heterocycles. The van der Waals surface area contributed by atoms with Crippen LogP contribution in [0.3, 0.4) is 0 Å². The Morgan fingerprint density at radius 1 is 1.19 bits per heavy atom. The molecule has 2 N–H and O–H groups in total. The molecule has 16 heavy (non-hydrogen) atoms. The molecule has 1 aliphatic heterocycles. The lowest BCUT2D eigenvalue weighted by atomic mass is 9.63. The van der Waals surface area contributed by atoms with Crippen LogP contribution in [-0.2, 0) is 0 Å². The molecule has 3 rings (SSSR count). The average Bonchev–Trinajstić information content (AvgIpc) is 2.12. The predicted molar refractivity (Wildman–Crippen MR) is 68.8 cm³/mol. The minimum atomic E-state index is 0.684. The fourth-order valence-electron chi connectivity index (χ4n) is 3.25. The first-order chi connectivity index (χ1) is 7.61. The van der Waals surface area contributed by atoms with Crippen LogP contribution in [-0.4, -0.2) is 13.1 Å². The van der Waals surface area contributed by atoms with Gasteiger partial charge in [0.1, 0.15) is 0 Å². The number of nitrogens with zero attached hydrogens (tertiary/aromatic N) is 1. The number of aryl methyl sites for hydroxylation is 1. The van der Waals surface area contributed by atoms with Gasteiger partial charge in [0.25, 0.3) is 0 Å². The Kier molecular flexibility index (Phi) is 1.97. The van der Waals surface area contributed by atoms with E-state index < -0.39 is 0 Å². The van der Waals surface area contributed by atoms with Crippen LogP contribution in [0.4, 0.5) is 11.4 Å². The molecule has 1 saturated heterocycles. The Bertz CT molecular complexity index is 425. The molecule has 1 aromatic carbocycles. The second kappa shape index (κ2) is 3.16. The van der Waals surface area contributed by atoms with Crippen LogP contribution in [0.2, 0.25) is 0 Å². The van der Waals surface area contributed by atoms with Gasteiger partial charge < -0.3 is 10.6 Å². The molecule has 2 aliphatic rings. The Morgan fingerprint density at radius 2 is 1.88 bits per heavy atom. The van der Waals surface area contributed by atoms with Gasteiger partial charge in [-0.2, -0.15) is 0 Å². The van der Waals surface area contributed by atoms with Crippen molar-refractivity contribution in [2.45, 2.75) is 33.1 Å². The molecule has 1 saturated carbocycles. The van der Waals surface area contributed by atoms with Crippen LogP contribution in [0.5, 0.6) is 0 Å². The molecular formula is C14H20N2. The minimum Gasteiger partial charge on any atom is -0.398 e. The average molecular weight is 216 g/mol. The zero-order chi connectivity index (χ0) is 11.3. The van der Waals surface area contributed by atoms with Crippen LogP contribution in [0.25, 0.3) is 0 Å². The van der Waals surface area contributed by atoms with Crippen LogP contribution >= 0.6 is 0 Å². The number of rotatable bonds is 1. The zero-order valence-electron chi connectivity index (χ0n) is 10.2. The molecule has 2 fully saturated rings. The quantitative estimate of drug-likeness (QED) is 0.731. The molecule has 2 nitrogen and oxygen atoms in total. The summed E-state index contributed by atoms with van der Waals surface area (Å²) in [5, 5.41) is 0. The normalized spacial score (nSPS) is 21.8. The zero-order valence-corrected chi connectivity index (χ0v) is 10.2. The highest BCUT2D eigenvalue weighted by atomic mass is 15.2. The molecule has 1 aliphatic carbocycles. The van der Waals surface area contributed by atoms with Crippen LogP contribution in [0, 0.1) is 19.3 Å². The maximum absolute atomic E-state index is 5.99. The molecule has 0 bridgehead atoms. The van der Waals surface area contributed by atoms with Crippen LogP contribution < -0.4 is 10.6 Å². The molecule has 1 aromatic rings. The van der Waals surface area contributed by atoms with Gasteiger partial charge in [-0.1, -0.05) is 12.5 Å². The molecule has 86 valence electrons. The van der Waals surface area contributed by atoms with Crippen molar-refractivity contribution in [3.05, 3.63) is 23.3 Å². The largest absolute Gasteiger partial charge is 0.398 e. The summed E-state index contributed by atoms with van der Waals surface area (Å²) in [6.45, 7) is 6.83. The first-order valence-electron chi connectivity index (χ1n) is 6.22. The molecule has 1 heterocycles. The summed E-state index contributed by atoms with van der Waals surface area (Å²) < 4.78 is 0. The van der Waals surface area contributed by atoms with Crippen LogP contribution in [0.1, 0.15) is 30.4 Å². The van der Waals surface area contributed by atoms with E-state index in [1.165, 1.54) is 49.2 Å². The molecular weight excluding hydrogens is 196 g/mol. The highest BCUT2D eigenvalue weighted by Gasteiger charge is 2.47. The fraction of sp³-hybridized carbons (Fsp3) is 0.571. The van der Waals surface area contributed by atoms with Crippen molar-refractivity contribution in [3.63, 3.8) is 0 Å². The third kappa shape index (κ3) is 1.25. The van der Waals surface area contributed by atoms with Crippen molar-refractivity contribution < 1.29 is 0 Å². The number of hydrogen-bond donors (Lipinski definition) is 1. The highest BCUT2D eigenvalue weighted by Crippen LogP contribution is 2.50. The molecule has 0 amide bonds. The van der Waals surface area contributed by atoms with E-state index in [0.717, 1.165) is 5.69 Å². The van der Waals surface area contributed by atoms with E-state index in [4.69, 9.17) is 5.73 Å². The van der Waals surface area contributed by atoms with Crippen molar-refractivity contribution in [1.29, 1.82) is 0 Å². The lowest BCUT2D eigenvalue weighted by molar-refractivity contribution is 0.0902. The third-order valence-corrected chi connectivity index (χ3v) is 4.46. The summed E-state index contributed by atoms with van der Waals surface area (Å²) in [7, 11) is 0. The summed E-state index contributed by atoms with van der Waals surface area (Å²) in [6.07, 6.45) is 4.30. The summed E-state index contributed by atoms with van der Waals surface area (Å²) >= 11 is 0. The Labute approximate surface area is 97.4 Å². The van der Waals surface area contributed by atoms with E-state index in [0.29, 0.717) is 5.41 Å². The number of hydrogen-bond acceptors (Lipinski definition) is 2. The van der Waals surface area contributed by atoms with Gasteiger partial charge in [-0.05, 0) is 43.9 Å². The van der Waals surface area contributed by atoms with Gasteiger partial charge in [-0.25, -0.2) is 0 Å². The minimum absolute atomic E-state index is 0.684.